The average Bonchev–Trinajstić information content (AvgIpc) is 2.87. The Labute approximate surface area is 95.9 Å². The number of thiophene rings is 1. The van der Waals surface area contributed by atoms with Crippen molar-refractivity contribution in [2.45, 2.75) is 6.54 Å². The van der Waals surface area contributed by atoms with E-state index in [0.29, 0.717) is 6.54 Å². The molecular formula is C10H10N2O3S. The van der Waals surface area contributed by atoms with Crippen molar-refractivity contribution in [1.82, 2.24) is 9.78 Å². The fourth-order valence-corrected chi connectivity index (χ4v) is 2.09. The Balaban J connectivity index is 2.34. The lowest BCUT2D eigenvalue weighted by atomic mass is 10.4. The van der Waals surface area contributed by atoms with E-state index in [1.165, 1.54) is 18.0 Å². The van der Waals surface area contributed by atoms with Crippen LogP contribution in [0.15, 0.2) is 23.7 Å². The van der Waals surface area contributed by atoms with E-state index in [0.717, 1.165) is 4.88 Å². The highest BCUT2D eigenvalue weighted by Gasteiger charge is 2.18. The van der Waals surface area contributed by atoms with E-state index in [1.807, 2.05) is 17.5 Å². The molecule has 0 fully saturated rings. The first kappa shape index (κ1) is 10.7. The lowest BCUT2D eigenvalue weighted by Gasteiger charge is -2.03. The number of hydrogen-bond donors (Lipinski definition) is 1. The van der Waals surface area contributed by atoms with Gasteiger partial charge in [-0.1, -0.05) is 6.07 Å². The van der Waals surface area contributed by atoms with Crippen LogP contribution in [0, 0.1) is 0 Å². The predicted molar refractivity (Wildman–Crippen MR) is 59.2 cm³/mol. The Bertz CT molecular complexity index is 490. The number of carboxylic acids is 1. The molecule has 0 spiro atoms. The van der Waals surface area contributed by atoms with Gasteiger partial charge in [-0.05, 0) is 11.4 Å². The van der Waals surface area contributed by atoms with Gasteiger partial charge in [0.25, 0.3) is 0 Å². The summed E-state index contributed by atoms with van der Waals surface area (Å²) >= 11 is 1.56. The third kappa shape index (κ3) is 1.92. The van der Waals surface area contributed by atoms with Crippen LogP contribution >= 0.6 is 11.3 Å². The molecule has 2 heterocycles. The molecule has 0 amide bonds. The van der Waals surface area contributed by atoms with E-state index in [1.54, 1.807) is 11.3 Å². The zero-order valence-corrected chi connectivity index (χ0v) is 9.40. The maximum Gasteiger partial charge on any atom is 0.358 e. The van der Waals surface area contributed by atoms with Crippen molar-refractivity contribution in [3.63, 3.8) is 0 Å². The average molecular weight is 238 g/mol. The molecule has 0 bridgehead atoms. The van der Waals surface area contributed by atoms with Crippen molar-refractivity contribution in [3.05, 3.63) is 34.3 Å². The topological polar surface area (TPSA) is 64.4 Å². The zero-order chi connectivity index (χ0) is 11.5. The molecule has 0 aliphatic rings. The molecule has 0 unspecified atom stereocenters. The Morgan fingerprint density at radius 3 is 3.06 bits per heavy atom. The summed E-state index contributed by atoms with van der Waals surface area (Å²) < 4.78 is 6.37. The minimum atomic E-state index is -1.04. The highest BCUT2D eigenvalue weighted by atomic mass is 32.1. The van der Waals surface area contributed by atoms with Crippen LogP contribution in [-0.2, 0) is 6.54 Å². The van der Waals surface area contributed by atoms with Crippen molar-refractivity contribution in [3.8, 4) is 5.75 Å². The minimum absolute atomic E-state index is 0.0795. The monoisotopic (exact) mass is 238 g/mol. The van der Waals surface area contributed by atoms with Crippen LogP contribution in [0.3, 0.4) is 0 Å². The molecule has 0 aliphatic heterocycles. The smallest absolute Gasteiger partial charge is 0.358 e. The first-order valence-electron chi connectivity index (χ1n) is 4.58. The summed E-state index contributed by atoms with van der Waals surface area (Å²) in [4.78, 5) is 12.1. The molecule has 0 saturated carbocycles. The van der Waals surface area contributed by atoms with Crippen molar-refractivity contribution < 1.29 is 14.6 Å². The largest absolute Gasteiger partial charge is 0.493 e. The van der Waals surface area contributed by atoms with E-state index >= 15 is 0 Å². The standard InChI is InChI=1S/C10H10N2O3S/c1-15-8-5-11-12(9(8)10(13)14)6-7-3-2-4-16-7/h2-5H,6H2,1H3,(H,13,14). The van der Waals surface area contributed by atoms with Gasteiger partial charge in [0.1, 0.15) is 0 Å². The van der Waals surface area contributed by atoms with Crippen LogP contribution in [0.5, 0.6) is 5.75 Å². The molecule has 0 aromatic carbocycles. The third-order valence-electron chi connectivity index (χ3n) is 2.11. The van der Waals surface area contributed by atoms with Gasteiger partial charge in [-0.15, -0.1) is 11.3 Å². The summed E-state index contributed by atoms with van der Waals surface area (Å²) in [6.07, 6.45) is 1.41. The second-order valence-corrected chi connectivity index (χ2v) is 4.14. The van der Waals surface area contributed by atoms with E-state index < -0.39 is 5.97 Å². The highest BCUT2D eigenvalue weighted by Crippen LogP contribution is 2.19. The maximum absolute atomic E-state index is 11.1. The lowest BCUT2D eigenvalue weighted by Crippen LogP contribution is -2.11. The second kappa shape index (κ2) is 4.36. The molecule has 6 heteroatoms. The summed E-state index contributed by atoms with van der Waals surface area (Å²) in [6.45, 7) is 0.447. The van der Waals surface area contributed by atoms with Crippen LogP contribution in [0.25, 0.3) is 0 Å². The summed E-state index contributed by atoms with van der Waals surface area (Å²) in [5.41, 5.74) is 0.0795. The van der Waals surface area contributed by atoms with Gasteiger partial charge >= 0.3 is 5.97 Å². The summed E-state index contributed by atoms with van der Waals surface area (Å²) in [7, 11) is 1.43. The summed E-state index contributed by atoms with van der Waals surface area (Å²) in [5, 5.41) is 15.0. The molecule has 0 saturated heterocycles. The van der Waals surface area contributed by atoms with Crippen molar-refractivity contribution in [2.75, 3.05) is 7.11 Å². The number of aromatic carboxylic acids is 1. The summed E-state index contributed by atoms with van der Waals surface area (Å²) in [6, 6.07) is 3.85. The molecule has 84 valence electrons. The van der Waals surface area contributed by atoms with Gasteiger partial charge < -0.3 is 9.84 Å². The number of carboxylic acid groups (broad SMARTS) is 1. The van der Waals surface area contributed by atoms with Gasteiger partial charge in [0.05, 0.1) is 19.9 Å². The number of aromatic nitrogens is 2. The van der Waals surface area contributed by atoms with Gasteiger partial charge in [-0.3, -0.25) is 0 Å². The summed E-state index contributed by atoms with van der Waals surface area (Å²) in [5.74, 6) is -0.755. The number of hydrogen-bond acceptors (Lipinski definition) is 4. The molecule has 0 aliphatic carbocycles. The highest BCUT2D eigenvalue weighted by molar-refractivity contribution is 7.09. The number of nitrogens with zero attached hydrogens (tertiary/aromatic N) is 2. The van der Waals surface area contributed by atoms with E-state index in [-0.39, 0.29) is 11.4 Å². The van der Waals surface area contributed by atoms with Crippen LogP contribution in [0.4, 0.5) is 0 Å². The zero-order valence-electron chi connectivity index (χ0n) is 8.58. The van der Waals surface area contributed by atoms with Gasteiger partial charge in [0.2, 0.25) is 0 Å². The van der Waals surface area contributed by atoms with E-state index in [9.17, 15) is 4.79 Å². The van der Waals surface area contributed by atoms with Crippen molar-refractivity contribution in [2.24, 2.45) is 0 Å². The van der Waals surface area contributed by atoms with Crippen molar-refractivity contribution in [1.29, 1.82) is 0 Å². The minimum Gasteiger partial charge on any atom is -0.493 e. The molecule has 2 rings (SSSR count). The van der Waals surface area contributed by atoms with Crippen LogP contribution in [0.2, 0.25) is 0 Å². The molecule has 5 nitrogen and oxygen atoms in total. The molecule has 16 heavy (non-hydrogen) atoms. The quantitative estimate of drug-likeness (QED) is 0.880. The second-order valence-electron chi connectivity index (χ2n) is 3.10. The van der Waals surface area contributed by atoms with Gasteiger partial charge in [-0.25, -0.2) is 9.48 Å². The Morgan fingerprint density at radius 2 is 2.50 bits per heavy atom. The lowest BCUT2D eigenvalue weighted by molar-refractivity contribution is 0.0680. The normalized spacial score (nSPS) is 10.3. The number of methoxy groups -OCH3 is 1. The molecular weight excluding hydrogens is 228 g/mol. The molecule has 0 radical (unpaired) electrons. The third-order valence-corrected chi connectivity index (χ3v) is 2.98. The number of carbonyl (C=O) groups is 1. The molecule has 1 N–H and O–H groups in total. The molecule has 2 aromatic heterocycles. The van der Waals surface area contributed by atoms with E-state index in [4.69, 9.17) is 9.84 Å². The van der Waals surface area contributed by atoms with Gasteiger partial charge in [-0.2, -0.15) is 5.10 Å². The Morgan fingerprint density at radius 1 is 1.69 bits per heavy atom. The predicted octanol–water partition coefficient (Wildman–Crippen LogP) is 1.70. The van der Waals surface area contributed by atoms with Gasteiger partial charge in [0.15, 0.2) is 11.4 Å². The number of ether oxygens (including phenoxy) is 1. The van der Waals surface area contributed by atoms with Crippen molar-refractivity contribution >= 4 is 17.3 Å². The first-order chi connectivity index (χ1) is 7.72. The number of rotatable bonds is 4. The fourth-order valence-electron chi connectivity index (χ4n) is 1.40. The molecule has 0 atom stereocenters. The van der Waals surface area contributed by atoms with Crippen LogP contribution in [-0.4, -0.2) is 28.0 Å². The maximum atomic E-state index is 11.1. The Kier molecular flexibility index (Phi) is 2.91. The SMILES string of the molecule is COc1cnn(Cc2cccs2)c1C(=O)O. The first-order valence-corrected chi connectivity index (χ1v) is 5.46. The Hall–Kier alpha value is -1.82. The molecule has 2 aromatic rings. The van der Waals surface area contributed by atoms with E-state index in [2.05, 4.69) is 5.10 Å². The van der Waals surface area contributed by atoms with Crippen LogP contribution < -0.4 is 4.74 Å². The van der Waals surface area contributed by atoms with Crippen LogP contribution in [0.1, 0.15) is 15.4 Å². The van der Waals surface area contributed by atoms with Gasteiger partial charge in [0, 0.05) is 4.88 Å². The fraction of sp³-hybridized carbons (Fsp3) is 0.200.